The maximum absolute atomic E-state index is 11.1. The Bertz CT molecular complexity index is 958. The predicted molar refractivity (Wildman–Crippen MR) is 104 cm³/mol. The van der Waals surface area contributed by atoms with Gasteiger partial charge >= 0.3 is 161 Å². The molecule has 122 valence electrons. The number of carbonyl (C=O) groups is 1. The van der Waals surface area contributed by atoms with Crippen LogP contribution < -0.4 is 4.74 Å². The van der Waals surface area contributed by atoms with Crippen LogP contribution in [0.1, 0.15) is 29.0 Å². The Kier molecular flexibility index (Phi) is 4.95. The third-order valence-electron chi connectivity index (χ3n) is 3.81. The number of methoxy groups -OCH3 is 1. The summed E-state index contributed by atoms with van der Waals surface area (Å²) in [5.74, 6) is 1.05. The molecule has 0 aromatic carbocycles. The third kappa shape index (κ3) is 3.27. The molecule has 4 aromatic rings. The molecule has 0 aliphatic heterocycles. The van der Waals surface area contributed by atoms with E-state index < -0.39 is 0 Å². The van der Waals surface area contributed by atoms with Crippen LogP contribution in [0.25, 0.3) is 9.40 Å². The molecule has 0 radical (unpaired) electrons. The van der Waals surface area contributed by atoms with Crippen LogP contribution in [0.3, 0.4) is 0 Å². The number of carbonyl (C=O) groups excluding carboxylic acids is 1. The van der Waals surface area contributed by atoms with Gasteiger partial charge in [-0.1, -0.05) is 0 Å². The van der Waals surface area contributed by atoms with Crippen molar-refractivity contribution in [3.05, 3.63) is 58.3 Å². The normalized spacial score (nSPS) is 11.2. The quantitative estimate of drug-likeness (QED) is 0.305. The summed E-state index contributed by atoms with van der Waals surface area (Å²) in [7, 11) is 1.75. The second kappa shape index (κ2) is 7.17. The minimum atomic E-state index is 0.347. The molecule has 0 saturated carbocycles. The van der Waals surface area contributed by atoms with E-state index in [2.05, 4.69) is 28.1 Å². The summed E-state index contributed by atoms with van der Waals surface area (Å²) >= 11 is 4.54. The summed E-state index contributed by atoms with van der Waals surface area (Å²) < 4.78 is 10.9. The van der Waals surface area contributed by atoms with Crippen molar-refractivity contribution in [2.75, 3.05) is 7.11 Å². The van der Waals surface area contributed by atoms with E-state index in [4.69, 9.17) is 4.74 Å². The van der Waals surface area contributed by atoms with Gasteiger partial charge in [-0.2, -0.15) is 0 Å². The molecule has 0 N–H and O–H groups in total. The zero-order chi connectivity index (χ0) is 16.5. The molecule has 4 heterocycles. The first-order valence-corrected chi connectivity index (χ1v) is 12.7. The Morgan fingerprint density at radius 2 is 1.62 bits per heavy atom. The van der Waals surface area contributed by atoms with Gasteiger partial charge in [-0.15, -0.1) is 0 Å². The molecular formula is C18H14O2S2Se2. The van der Waals surface area contributed by atoms with Gasteiger partial charge < -0.3 is 0 Å². The molecule has 0 amide bonds. The topological polar surface area (TPSA) is 26.3 Å². The van der Waals surface area contributed by atoms with Gasteiger partial charge in [-0.25, -0.2) is 0 Å². The van der Waals surface area contributed by atoms with Crippen molar-refractivity contribution in [3.63, 3.8) is 0 Å². The zero-order valence-corrected chi connectivity index (χ0v) is 18.0. The fraction of sp³-hybridized carbons (Fsp3) is 0.167. The number of fused-ring (bicyclic) bond motifs is 1. The van der Waals surface area contributed by atoms with Crippen molar-refractivity contribution in [1.82, 2.24) is 0 Å². The van der Waals surface area contributed by atoms with E-state index in [0.717, 1.165) is 30.4 Å². The summed E-state index contributed by atoms with van der Waals surface area (Å²) in [6, 6.07) is 8.70. The van der Waals surface area contributed by atoms with E-state index in [1.165, 1.54) is 28.0 Å². The van der Waals surface area contributed by atoms with Gasteiger partial charge in [0.1, 0.15) is 0 Å². The molecule has 0 saturated heterocycles. The van der Waals surface area contributed by atoms with E-state index in [0.29, 0.717) is 29.0 Å². The van der Waals surface area contributed by atoms with Crippen LogP contribution in [0.15, 0.2) is 34.1 Å². The Labute approximate surface area is 160 Å². The molecular weight excluding hydrogens is 470 g/mol. The minimum absolute atomic E-state index is 0.347. The molecule has 0 atom stereocenters. The second-order valence-corrected chi connectivity index (χ2v) is 11.9. The van der Waals surface area contributed by atoms with Gasteiger partial charge in [0, 0.05) is 0 Å². The number of rotatable bonds is 6. The third-order valence-corrected chi connectivity index (χ3v) is 9.96. The zero-order valence-electron chi connectivity index (χ0n) is 12.9. The number of thiophene rings is 2. The van der Waals surface area contributed by atoms with E-state index in [9.17, 15) is 4.79 Å². The second-order valence-electron chi connectivity index (χ2n) is 5.34. The fourth-order valence-corrected chi connectivity index (χ4v) is 9.18. The van der Waals surface area contributed by atoms with Crippen molar-refractivity contribution < 1.29 is 9.53 Å². The van der Waals surface area contributed by atoms with Gasteiger partial charge in [0.15, 0.2) is 0 Å². The average molecular weight is 484 g/mol. The van der Waals surface area contributed by atoms with Gasteiger partial charge in [0.25, 0.3) is 0 Å². The van der Waals surface area contributed by atoms with Crippen LogP contribution >= 0.6 is 22.7 Å². The molecule has 6 heteroatoms. The number of ether oxygens (including phenoxy) is 1. The molecule has 0 aliphatic rings. The van der Waals surface area contributed by atoms with Crippen molar-refractivity contribution in [2.45, 2.75) is 12.8 Å². The van der Waals surface area contributed by atoms with Gasteiger partial charge in [0.2, 0.25) is 0 Å². The van der Waals surface area contributed by atoms with E-state index in [-0.39, 0.29) is 0 Å². The summed E-state index contributed by atoms with van der Waals surface area (Å²) in [6.07, 6.45) is 2.92. The van der Waals surface area contributed by atoms with Gasteiger partial charge in [-0.05, 0) is 0 Å². The molecule has 4 aromatic heterocycles. The van der Waals surface area contributed by atoms with Crippen LogP contribution in [-0.2, 0) is 12.8 Å². The van der Waals surface area contributed by atoms with Crippen LogP contribution in [0, 0.1) is 0 Å². The van der Waals surface area contributed by atoms with Crippen molar-refractivity contribution >= 4 is 67.4 Å². The van der Waals surface area contributed by atoms with Gasteiger partial charge in [0.05, 0.1) is 0 Å². The standard InChI is InChI=1S/C18H14O2S2Se2/c1-20-14-3-5-24-18(14)9-13-7-16-15(22-13)6-12(21-16)8-17-11(10-19)2-4-23-17/h2-7,10H,8-9H2,1H3. The molecule has 0 fully saturated rings. The Morgan fingerprint density at radius 3 is 2.29 bits per heavy atom. The maximum atomic E-state index is 11.1. The molecule has 0 bridgehead atoms. The number of aldehydes is 1. The van der Waals surface area contributed by atoms with E-state index >= 15 is 0 Å². The molecule has 0 unspecified atom stereocenters. The molecule has 2 nitrogen and oxygen atoms in total. The fourth-order valence-electron chi connectivity index (χ4n) is 2.67. The summed E-state index contributed by atoms with van der Waals surface area (Å²) in [5, 5.41) is 0. The summed E-state index contributed by atoms with van der Waals surface area (Å²) in [6.45, 7) is 0. The summed E-state index contributed by atoms with van der Waals surface area (Å²) in [5.41, 5.74) is 0.891. The predicted octanol–water partition coefficient (Wildman–Crippen LogP) is 4.08. The first kappa shape index (κ1) is 16.6. The van der Waals surface area contributed by atoms with Crippen LogP contribution in [0.2, 0.25) is 0 Å². The van der Waals surface area contributed by atoms with E-state index in [1.807, 2.05) is 28.7 Å². The molecule has 0 spiro atoms. The SMILES string of the molecule is COc1cc[se]c1Cc1cc2sc(Cc3[se]ccc3C=O)cc2s1. The first-order chi connectivity index (χ1) is 11.8. The summed E-state index contributed by atoms with van der Waals surface area (Å²) in [4.78, 5) is 18.2. The molecule has 4 rings (SSSR count). The van der Waals surface area contributed by atoms with E-state index in [1.54, 1.807) is 7.11 Å². The van der Waals surface area contributed by atoms with Gasteiger partial charge in [-0.3, -0.25) is 0 Å². The van der Waals surface area contributed by atoms with Crippen LogP contribution in [0.4, 0.5) is 0 Å². The number of hydrogen-bond acceptors (Lipinski definition) is 4. The van der Waals surface area contributed by atoms with Crippen molar-refractivity contribution in [3.8, 4) is 5.75 Å². The number of hydrogen-bond donors (Lipinski definition) is 0. The monoisotopic (exact) mass is 486 g/mol. The van der Waals surface area contributed by atoms with Crippen molar-refractivity contribution in [2.24, 2.45) is 0 Å². The Balaban J connectivity index is 1.55. The molecule has 0 aliphatic carbocycles. The molecule has 24 heavy (non-hydrogen) atoms. The van der Waals surface area contributed by atoms with Crippen LogP contribution in [0.5, 0.6) is 5.75 Å². The first-order valence-electron chi connectivity index (χ1n) is 7.40. The average Bonchev–Trinajstić information content (AvgIpc) is 3.31. The Morgan fingerprint density at radius 1 is 1.00 bits per heavy atom. The van der Waals surface area contributed by atoms with Crippen molar-refractivity contribution in [1.29, 1.82) is 0 Å². The Hall–Kier alpha value is -0.871. The van der Waals surface area contributed by atoms with Crippen LogP contribution in [-0.4, -0.2) is 42.4 Å².